The SMILES string of the molecule is C/C(N)=C(/C#N)C(=O)COC(=O)CN1C(=O)C2C3C=CC(C3)C2C1=O. The van der Waals surface area contributed by atoms with E-state index in [2.05, 4.69) is 0 Å². The van der Waals surface area contributed by atoms with Crippen LogP contribution >= 0.6 is 0 Å². The molecule has 0 radical (unpaired) electrons. The molecule has 2 fully saturated rings. The maximum atomic E-state index is 12.4. The average molecular weight is 343 g/mol. The third kappa shape index (κ3) is 2.71. The van der Waals surface area contributed by atoms with Crippen LogP contribution < -0.4 is 5.73 Å². The molecule has 4 unspecified atom stereocenters. The largest absolute Gasteiger partial charge is 0.456 e. The predicted octanol–water partition coefficient (Wildman–Crippen LogP) is -0.338. The van der Waals surface area contributed by atoms with Gasteiger partial charge in [-0.1, -0.05) is 12.2 Å². The van der Waals surface area contributed by atoms with Crippen LogP contribution in [0.4, 0.5) is 0 Å². The zero-order chi connectivity index (χ0) is 18.3. The van der Waals surface area contributed by atoms with E-state index < -0.39 is 24.9 Å². The molecule has 8 heteroatoms. The fraction of sp³-hybridized carbons (Fsp3) is 0.471. The van der Waals surface area contributed by atoms with Crippen LogP contribution in [0.3, 0.4) is 0 Å². The molecule has 4 atom stereocenters. The average Bonchev–Trinajstić information content (AvgIpc) is 3.23. The molecule has 1 aliphatic heterocycles. The number of nitrogens with two attached hydrogens (primary N) is 1. The number of Topliss-reactive ketones (excluding diaryl/α,β-unsaturated/α-hetero) is 1. The maximum absolute atomic E-state index is 12.4. The van der Waals surface area contributed by atoms with Crippen molar-refractivity contribution in [2.75, 3.05) is 13.2 Å². The predicted molar refractivity (Wildman–Crippen MR) is 82.9 cm³/mol. The molecule has 1 heterocycles. The minimum atomic E-state index is -0.873. The molecular formula is C17H17N3O5. The number of allylic oxidation sites excluding steroid dienone is 3. The Balaban J connectivity index is 1.59. The van der Waals surface area contributed by atoms with Gasteiger partial charge in [-0.15, -0.1) is 0 Å². The van der Waals surface area contributed by atoms with E-state index >= 15 is 0 Å². The van der Waals surface area contributed by atoms with E-state index in [0.717, 1.165) is 11.3 Å². The molecule has 1 saturated heterocycles. The summed E-state index contributed by atoms with van der Waals surface area (Å²) in [5, 5.41) is 8.83. The number of imide groups is 1. The lowest BCUT2D eigenvalue weighted by Gasteiger charge is -2.16. The van der Waals surface area contributed by atoms with Crippen LogP contribution in [0.25, 0.3) is 0 Å². The van der Waals surface area contributed by atoms with Crippen molar-refractivity contribution < 1.29 is 23.9 Å². The van der Waals surface area contributed by atoms with Crippen molar-refractivity contribution in [3.63, 3.8) is 0 Å². The minimum absolute atomic E-state index is 0.0317. The van der Waals surface area contributed by atoms with E-state index in [-0.39, 0.29) is 46.8 Å². The molecular weight excluding hydrogens is 326 g/mol. The first-order valence-electron chi connectivity index (χ1n) is 7.94. The zero-order valence-electron chi connectivity index (χ0n) is 13.6. The topological polar surface area (TPSA) is 131 Å². The van der Waals surface area contributed by atoms with Crippen LogP contribution in [0.1, 0.15) is 13.3 Å². The highest BCUT2D eigenvalue weighted by atomic mass is 16.5. The maximum Gasteiger partial charge on any atom is 0.326 e. The van der Waals surface area contributed by atoms with Crippen molar-refractivity contribution in [2.24, 2.45) is 29.4 Å². The van der Waals surface area contributed by atoms with Gasteiger partial charge in [-0.3, -0.25) is 24.1 Å². The Morgan fingerprint density at radius 3 is 2.32 bits per heavy atom. The summed E-state index contributed by atoms with van der Waals surface area (Å²) >= 11 is 0. The Morgan fingerprint density at radius 2 is 1.84 bits per heavy atom. The number of hydrogen-bond acceptors (Lipinski definition) is 7. The normalized spacial score (nSPS) is 30.2. The standard InChI is InChI=1S/C17H17N3O5/c1-8(19)11(5-18)12(21)7-25-13(22)6-20-16(23)14-9-2-3-10(4-9)15(14)17(20)24/h2-3,9-10,14-15H,4,6-7,19H2,1H3/b11-8+. The number of nitrogens with zero attached hydrogens (tertiary/aromatic N) is 2. The van der Waals surface area contributed by atoms with Gasteiger partial charge in [0.2, 0.25) is 17.6 Å². The summed E-state index contributed by atoms with van der Waals surface area (Å²) in [6.07, 6.45) is 4.73. The number of hydrogen-bond donors (Lipinski definition) is 1. The van der Waals surface area contributed by atoms with Crippen LogP contribution in [0.2, 0.25) is 0 Å². The molecule has 0 aromatic heterocycles. The molecule has 2 N–H and O–H groups in total. The number of carbonyl (C=O) groups is 4. The molecule has 25 heavy (non-hydrogen) atoms. The molecule has 8 nitrogen and oxygen atoms in total. The van der Waals surface area contributed by atoms with Gasteiger partial charge < -0.3 is 10.5 Å². The number of carbonyl (C=O) groups excluding carboxylic acids is 4. The number of ketones is 1. The molecule has 0 aromatic carbocycles. The van der Waals surface area contributed by atoms with Crippen LogP contribution in [0.5, 0.6) is 0 Å². The molecule has 2 aliphatic carbocycles. The quantitative estimate of drug-likeness (QED) is 0.237. The molecule has 3 aliphatic rings. The Kier molecular flexibility index (Phi) is 4.17. The van der Waals surface area contributed by atoms with Gasteiger partial charge >= 0.3 is 5.97 Å². The van der Waals surface area contributed by atoms with Crippen LogP contribution in [0, 0.1) is 35.0 Å². The van der Waals surface area contributed by atoms with Gasteiger partial charge in [0.15, 0.2) is 6.61 Å². The van der Waals surface area contributed by atoms with Crippen molar-refractivity contribution in [2.45, 2.75) is 13.3 Å². The number of ether oxygens (including phenoxy) is 1. The Morgan fingerprint density at radius 1 is 1.28 bits per heavy atom. The van der Waals surface area contributed by atoms with Crippen molar-refractivity contribution in [1.29, 1.82) is 5.26 Å². The Labute approximate surface area is 143 Å². The lowest BCUT2D eigenvalue weighted by molar-refractivity contribution is -0.154. The number of fused-ring (bicyclic) bond motifs is 5. The fourth-order valence-electron chi connectivity index (χ4n) is 3.88. The number of nitriles is 1. The smallest absolute Gasteiger partial charge is 0.326 e. The van der Waals surface area contributed by atoms with Crippen LogP contribution in [0.15, 0.2) is 23.4 Å². The van der Waals surface area contributed by atoms with Crippen LogP contribution in [-0.2, 0) is 23.9 Å². The lowest BCUT2D eigenvalue weighted by Crippen LogP contribution is -2.38. The van der Waals surface area contributed by atoms with Gasteiger partial charge in [0.05, 0.1) is 11.8 Å². The van der Waals surface area contributed by atoms with Gasteiger partial charge in [-0.2, -0.15) is 5.26 Å². The number of amides is 2. The van der Waals surface area contributed by atoms with E-state index in [9.17, 15) is 19.2 Å². The molecule has 1 saturated carbocycles. The first-order valence-corrected chi connectivity index (χ1v) is 7.94. The lowest BCUT2D eigenvalue weighted by atomic mass is 9.85. The van der Waals surface area contributed by atoms with Crippen LogP contribution in [-0.4, -0.2) is 41.6 Å². The van der Waals surface area contributed by atoms with Crippen molar-refractivity contribution in [3.8, 4) is 6.07 Å². The second kappa shape index (κ2) is 6.16. The van der Waals surface area contributed by atoms with E-state index in [0.29, 0.717) is 0 Å². The summed E-state index contributed by atoms with van der Waals surface area (Å²) in [5.41, 5.74) is 5.15. The number of esters is 1. The minimum Gasteiger partial charge on any atom is -0.456 e. The summed E-state index contributed by atoms with van der Waals surface area (Å²) in [6, 6.07) is 1.64. The summed E-state index contributed by atoms with van der Waals surface area (Å²) < 4.78 is 4.80. The monoisotopic (exact) mass is 343 g/mol. The zero-order valence-corrected chi connectivity index (χ0v) is 13.6. The third-order valence-corrected chi connectivity index (χ3v) is 5.00. The Hall–Kier alpha value is -2.95. The van der Waals surface area contributed by atoms with Crippen molar-refractivity contribution >= 4 is 23.6 Å². The highest BCUT2D eigenvalue weighted by Crippen LogP contribution is 2.52. The van der Waals surface area contributed by atoms with Gasteiger partial charge in [0, 0.05) is 5.70 Å². The highest BCUT2D eigenvalue weighted by molar-refractivity contribution is 6.08. The number of rotatable bonds is 5. The van der Waals surface area contributed by atoms with E-state index in [1.165, 1.54) is 6.92 Å². The first-order chi connectivity index (χ1) is 11.8. The Bertz CT molecular complexity index is 742. The second-order valence-corrected chi connectivity index (χ2v) is 6.52. The van der Waals surface area contributed by atoms with Gasteiger partial charge in [-0.05, 0) is 25.2 Å². The molecule has 3 rings (SSSR count). The molecule has 0 aromatic rings. The summed E-state index contributed by atoms with van der Waals surface area (Å²) in [5.74, 6) is -2.96. The van der Waals surface area contributed by atoms with Crippen molar-refractivity contribution in [1.82, 2.24) is 4.90 Å². The number of likely N-dealkylation sites (tertiary alicyclic amines) is 1. The van der Waals surface area contributed by atoms with E-state index in [4.69, 9.17) is 15.7 Å². The third-order valence-electron chi connectivity index (χ3n) is 5.00. The molecule has 2 amide bonds. The van der Waals surface area contributed by atoms with Gasteiger partial charge in [0.25, 0.3) is 0 Å². The first kappa shape index (κ1) is 16.9. The van der Waals surface area contributed by atoms with Gasteiger partial charge in [-0.25, -0.2) is 0 Å². The van der Waals surface area contributed by atoms with Gasteiger partial charge in [0.1, 0.15) is 18.2 Å². The summed E-state index contributed by atoms with van der Waals surface area (Å²) in [7, 11) is 0. The summed E-state index contributed by atoms with van der Waals surface area (Å²) in [4.78, 5) is 49.4. The van der Waals surface area contributed by atoms with Crippen molar-refractivity contribution in [3.05, 3.63) is 23.4 Å². The second-order valence-electron chi connectivity index (χ2n) is 6.52. The fourth-order valence-corrected chi connectivity index (χ4v) is 3.88. The molecule has 130 valence electrons. The molecule has 2 bridgehead atoms. The highest BCUT2D eigenvalue weighted by Gasteiger charge is 2.59. The van der Waals surface area contributed by atoms with E-state index in [1.54, 1.807) is 6.07 Å². The summed E-state index contributed by atoms with van der Waals surface area (Å²) in [6.45, 7) is 0.206. The van der Waals surface area contributed by atoms with E-state index in [1.807, 2.05) is 12.2 Å². The molecule has 0 spiro atoms.